The first-order valence-electron chi connectivity index (χ1n) is 3.92. The van der Waals surface area contributed by atoms with E-state index in [-0.39, 0.29) is 13.0 Å². The van der Waals surface area contributed by atoms with Crippen LogP contribution in [0.3, 0.4) is 0 Å². The molecule has 1 atom stereocenters. The molecule has 0 aliphatic carbocycles. The lowest BCUT2D eigenvalue weighted by molar-refractivity contribution is -0.138. The van der Waals surface area contributed by atoms with Gasteiger partial charge in [-0.05, 0) is 12.8 Å². The Labute approximate surface area is 71.3 Å². The Balaban J connectivity index is 3.64. The van der Waals surface area contributed by atoms with Crippen LogP contribution in [-0.2, 0) is 4.79 Å². The summed E-state index contributed by atoms with van der Waals surface area (Å²) in [7, 11) is 0. The Morgan fingerprint density at radius 2 is 2.25 bits per heavy atom. The highest BCUT2D eigenvalue weighted by atomic mass is 16.4. The van der Waals surface area contributed by atoms with Gasteiger partial charge < -0.3 is 21.9 Å². The predicted octanol–water partition coefficient (Wildman–Crippen LogP) is -1.15. The van der Waals surface area contributed by atoms with Gasteiger partial charge in [-0.1, -0.05) is 0 Å². The van der Waals surface area contributed by atoms with E-state index in [4.69, 9.17) is 17.9 Å². The number of carboxylic acids is 1. The van der Waals surface area contributed by atoms with Crippen molar-refractivity contribution < 1.29 is 16.1 Å². The number of primary amides is 1. The summed E-state index contributed by atoms with van der Waals surface area (Å²) in [6.45, 7) is 0.223. The largest absolute Gasteiger partial charge is 0.480 e. The third kappa shape index (κ3) is 5.48. The van der Waals surface area contributed by atoms with Crippen molar-refractivity contribution in [1.82, 2.24) is 5.32 Å². The highest BCUT2D eigenvalue weighted by Gasteiger charge is 2.09. The molecule has 0 aromatic rings. The molecule has 0 spiro atoms. The van der Waals surface area contributed by atoms with E-state index in [0.717, 1.165) is 0 Å². The second-order valence-corrected chi connectivity index (χ2v) is 2.22. The van der Waals surface area contributed by atoms with Gasteiger partial charge in [0.05, 0.1) is 1.37 Å². The summed E-state index contributed by atoms with van der Waals surface area (Å²) in [5.41, 5.74) is 9.86. The van der Waals surface area contributed by atoms with E-state index in [1.165, 1.54) is 0 Å². The number of hydrogen-bond acceptors (Lipinski definition) is 3. The topological polar surface area (TPSA) is 118 Å². The van der Waals surface area contributed by atoms with Gasteiger partial charge >= 0.3 is 12.0 Å². The number of rotatable bonds is 5. The van der Waals surface area contributed by atoms with Crippen LogP contribution in [0.1, 0.15) is 14.2 Å². The number of nitrogens with two attached hydrogens (primary N) is 2. The van der Waals surface area contributed by atoms with E-state index < -0.39 is 18.0 Å². The van der Waals surface area contributed by atoms with Crippen molar-refractivity contribution >= 4 is 12.0 Å². The third-order valence-corrected chi connectivity index (χ3v) is 1.20. The zero-order valence-corrected chi connectivity index (χ0v) is 6.54. The van der Waals surface area contributed by atoms with Gasteiger partial charge in [0.25, 0.3) is 0 Å². The first-order valence-corrected chi connectivity index (χ1v) is 3.42. The van der Waals surface area contributed by atoms with Gasteiger partial charge in [-0.2, -0.15) is 0 Å². The maximum atomic E-state index is 10.3. The Morgan fingerprint density at radius 3 is 2.67 bits per heavy atom. The zero-order chi connectivity index (χ0) is 10.5. The normalized spacial score (nSPS) is 15.9. The van der Waals surface area contributed by atoms with Crippen molar-refractivity contribution in [2.24, 2.45) is 11.5 Å². The molecule has 0 aliphatic heterocycles. The van der Waals surface area contributed by atoms with E-state index in [2.05, 4.69) is 5.32 Å². The van der Waals surface area contributed by atoms with Crippen LogP contribution in [0.4, 0.5) is 4.79 Å². The molecule has 0 aromatic heterocycles. The molecule has 0 heterocycles. The summed E-state index contributed by atoms with van der Waals surface area (Å²) in [5, 5.41) is 10.7. The molecule has 2 amide bonds. The van der Waals surface area contributed by atoms with E-state index in [9.17, 15) is 9.59 Å². The minimum Gasteiger partial charge on any atom is -0.480 e. The van der Waals surface area contributed by atoms with Gasteiger partial charge in [0.15, 0.2) is 0 Å². The van der Waals surface area contributed by atoms with Gasteiger partial charge in [0.2, 0.25) is 0 Å². The molecule has 0 fully saturated rings. The number of carboxylic acid groups (broad SMARTS) is 1. The summed E-state index contributed by atoms with van der Waals surface area (Å²) < 4.78 is 7.10. The number of hydrogen-bond donors (Lipinski definition) is 4. The number of carbonyl (C=O) groups excluding carboxylic acids is 1. The van der Waals surface area contributed by atoms with Crippen molar-refractivity contribution in [3.05, 3.63) is 0 Å². The van der Waals surface area contributed by atoms with Gasteiger partial charge in [-0.3, -0.25) is 4.79 Å². The number of amides is 2. The molecule has 70 valence electrons. The SMILES string of the molecule is [2H][C@](N)(CCCNC(N)=O)C(=O)O. The monoisotopic (exact) mass is 176 g/mol. The Bertz CT molecular complexity index is 207. The fourth-order valence-corrected chi connectivity index (χ4v) is 0.597. The molecule has 0 bridgehead atoms. The second kappa shape index (κ2) is 5.36. The van der Waals surface area contributed by atoms with E-state index in [0.29, 0.717) is 6.42 Å². The standard InChI is InChI=1S/C6H13N3O3/c7-4(5(10)11)2-1-3-9-6(8)12/h4H,1-3,7H2,(H,10,11)(H3,8,9,12)/t4-/m0/s1/i4D. The van der Waals surface area contributed by atoms with Crippen LogP contribution < -0.4 is 16.8 Å². The summed E-state index contributed by atoms with van der Waals surface area (Å²) >= 11 is 0. The summed E-state index contributed by atoms with van der Waals surface area (Å²) in [6, 6.07) is -2.66. The number of carbonyl (C=O) groups is 2. The van der Waals surface area contributed by atoms with Crippen molar-refractivity contribution in [3.63, 3.8) is 0 Å². The van der Waals surface area contributed by atoms with Crippen LogP contribution in [0.15, 0.2) is 0 Å². The third-order valence-electron chi connectivity index (χ3n) is 1.20. The van der Waals surface area contributed by atoms with E-state index >= 15 is 0 Å². The molecule has 0 aliphatic rings. The van der Waals surface area contributed by atoms with Gasteiger partial charge in [-0.25, -0.2) is 4.79 Å². The van der Waals surface area contributed by atoms with Crippen molar-refractivity contribution in [2.75, 3.05) is 6.54 Å². The van der Waals surface area contributed by atoms with Crippen LogP contribution in [0.2, 0.25) is 0 Å². The summed E-state index contributed by atoms with van der Waals surface area (Å²) in [6.07, 6.45) is 0.262. The smallest absolute Gasteiger partial charge is 0.320 e. The molecule has 0 saturated carbocycles. The van der Waals surface area contributed by atoms with Crippen LogP contribution in [0.25, 0.3) is 0 Å². The van der Waals surface area contributed by atoms with Crippen LogP contribution >= 0.6 is 0 Å². The van der Waals surface area contributed by atoms with Crippen LogP contribution in [0.5, 0.6) is 0 Å². The van der Waals surface area contributed by atoms with Crippen molar-refractivity contribution in [3.8, 4) is 0 Å². The summed E-state index contributed by atoms with van der Waals surface area (Å²) in [5.74, 6) is -1.38. The average Bonchev–Trinajstić information content (AvgIpc) is 1.97. The molecule has 0 saturated heterocycles. The molecule has 6 N–H and O–H groups in total. The highest BCUT2D eigenvalue weighted by molar-refractivity contribution is 5.73. The molecule has 0 aromatic carbocycles. The first kappa shape index (κ1) is 8.79. The maximum absolute atomic E-state index is 10.3. The quantitative estimate of drug-likeness (QED) is 0.395. The Kier molecular flexibility index (Phi) is 3.93. The molecule has 12 heavy (non-hydrogen) atoms. The lowest BCUT2D eigenvalue weighted by Gasteiger charge is -2.05. The lowest BCUT2D eigenvalue weighted by atomic mass is 10.2. The number of nitrogens with one attached hydrogen (secondary N) is 1. The summed E-state index contributed by atoms with van der Waals surface area (Å²) in [4.78, 5) is 20.5. The Morgan fingerprint density at radius 1 is 1.67 bits per heavy atom. The molecule has 0 unspecified atom stereocenters. The zero-order valence-electron chi connectivity index (χ0n) is 7.54. The van der Waals surface area contributed by atoms with Gasteiger partial charge in [-0.15, -0.1) is 0 Å². The van der Waals surface area contributed by atoms with Gasteiger partial charge in [0.1, 0.15) is 6.02 Å². The van der Waals surface area contributed by atoms with Crippen molar-refractivity contribution in [2.45, 2.75) is 18.9 Å². The van der Waals surface area contributed by atoms with Crippen LogP contribution in [-0.4, -0.2) is 29.7 Å². The predicted molar refractivity (Wildman–Crippen MR) is 42.4 cm³/mol. The molecule has 6 heteroatoms. The minimum atomic E-state index is -1.99. The lowest BCUT2D eigenvalue weighted by Crippen LogP contribution is -2.33. The highest BCUT2D eigenvalue weighted by Crippen LogP contribution is 1.92. The molecule has 0 radical (unpaired) electrons. The second-order valence-electron chi connectivity index (χ2n) is 2.22. The first-order chi connectivity index (χ1) is 5.86. The number of urea groups is 1. The maximum Gasteiger partial charge on any atom is 0.320 e. The van der Waals surface area contributed by atoms with Crippen molar-refractivity contribution in [1.29, 1.82) is 0 Å². The van der Waals surface area contributed by atoms with E-state index in [1.807, 2.05) is 0 Å². The number of aliphatic carboxylic acids is 1. The minimum absolute atomic E-state index is 0.0391. The molecular weight excluding hydrogens is 162 g/mol. The fourth-order valence-electron chi connectivity index (χ4n) is 0.597. The van der Waals surface area contributed by atoms with Gasteiger partial charge in [0, 0.05) is 6.54 Å². The fraction of sp³-hybridized carbons (Fsp3) is 0.667. The Hall–Kier alpha value is -1.30. The molecule has 0 rings (SSSR count). The molecular formula is C6H13N3O3. The van der Waals surface area contributed by atoms with Crippen LogP contribution in [0, 0.1) is 0 Å². The molecule has 6 nitrogen and oxygen atoms in total. The van der Waals surface area contributed by atoms with E-state index in [1.54, 1.807) is 0 Å². The average molecular weight is 176 g/mol.